The molecule has 1 amide bonds. The molecule has 0 bridgehead atoms. The summed E-state index contributed by atoms with van der Waals surface area (Å²) in [7, 11) is -3.88. The van der Waals surface area contributed by atoms with Crippen LogP contribution in [0.15, 0.2) is 23.1 Å². The third kappa shape index (κ3) is 3.70. The molecular weight excluding hydrogens is 300 g/mol. The number of nitrogens with one attached hydrogen (secondary N) is 2. The molecule has 1 aliphatic heterocycles. The summed E-state index contributed by atoms with van der Waals surface area (Å²) < 4.78 is 36.0. The molecule has 0 unspecified atom stereocenters. The van der Waals surface area contributed by atoms with E-state index < -0.39 is 22.5 Å². The molecule has 21 heavy (non-hydrogen) atoms. The number of hydrogen-bond acceptors (Lipinski definition) is 6. The number of esters is 1. The third-order valence-corrected chi connectivity index (χ3v) is 4.00. The van der Waals surface area contributed by atoms with Gasteiger partial charge in [0.15, 0.2) is 6.61 Å². The molecule has 0 fully saturated rings. The van der Waals surface area contributed by atoms with Crippen molar-refractivity contribution in [2.24, 2.45) is 0 Å². The lowest BCUT2D eigenvalue weighted by Gasteiger charge is -2.18. The van der Waals surface area contributed by atoms with Gasteiger partial charge >= 0.3 is 5.97 Å². The van der Waals surface area contributed by atoms with Crippen molar-refractivity contribution >= 4 is 27.6 Å². The lowest BCUT2D eigenvalue weighted by atomic mass is 10.2. The minimum Gasteiger partial charge on any atom is -0.482 e. The number of sulfonamides is 1. The highest BCUT2D eigenvalue weighted by atomic mass is 32.2. The van der Waals surface area contributed by atoms with E-state index in [4.69, 9.17) is 4.74 Å². The number of carbonyl (C=O) groups excluding carboxylic acids is 2. The number of anilines is 1. The lowest BCUT2D eigenvalue weighted by Crippen LogP contribution is -2.31. The molecule has 8 nitrogen and oxygen atoms in total. The van der Waals surface area contributed by atoms with Crippen molar-refractivity contribution in [1.29, 1.82) is 0 Å². The molecule has 0 atom stereocenters. The highest BCUT2D eigenvalue weighted by Gasteiger charge is 2.21. The van der Waals surface area contributed by atoms with Gasteiger partial charge in [-0.1, -0.05) is 0 Å². The maximum atomic E-state index is 12.0. The summed E-state index contributed by atoms with van der Waals surface area (Å²) in [5.74, 6) is -0.647. The van der Waals surface area contributed by atoms with E-state index in [0.717, 1.165) is 0 Å². The zero-order valence-electron chi connectivity index (χ0n) is 11.2. The molecule has 0 radical (unpaired) electrons. The number of rotatable bonds is 5. The molecule has 9 heteroatoms. The Morgan fingerprint density at radius 3 is 2.95 bits per heavy atom. The Kier molecular flexibility index (Phi) is 4.43. The maximum Gasteiger partial charge on any atom is 0.321 e. The second-order valence-electron chi connectivity index (χ2n) is 4.12. The van der Waals surface area contributed by atoms with Crippen LogP contribution in [-0.4, -0.2) is 40.1 Å². The number of carbonyl (C=O) groups is 2. The molecule has 0 saturated carbocycles. The summed E-state index contributed by atoms with van der Waals surface area (Å²) in [6.45, 7) is 1.22. The van der Waals surface area contributed by atoms with E-state index in [1.807, 2.05) is 0 Å². The number of benzene rings is 1. The van der Waals surface area contributed by atoms with Crippen molar-refractivity contribution in [2.75, 3.05) is 25.1 Å². The maximum absolute atomic E-state index is 12.0. The van der Waals surface area contributed by atoms with Crippen LogP contribution in [0.5, 0.6) is 5.75 Å². The van der Waals surface area contributed by atoms with Crippen LogP contribution in [0.4, 0.5) is 5.69 Å². The lowest BCUT2D eigenvalue weighted by molar-refractivity contribution is -0.141. The number of hydrogen-bond donors (Lipinski definition) is 2. The monoisotopic (exact) mass is 314 g/mol. The molecule has 0 spiro atoms. The first-order valence-electron chi connectivity index (χ1n) is 6.14. The first-order valence-corrected chi connectivity index (χ1v) is 7.62. The molecule has 1 aliphatic rings. The second kappa shape index (κ2) is 6.10. The summed E-state index contributed by atoms with van der Waals surface area (Å²) in [4.78, 5) is 22.3. The van der Waals surface area contributed by atoms with Crippen molar-refractivity contribution in [3.8, 4) is 5.75 Å². The van der Waals surface area contributed by atoms with Crippen LogP contribution in [0.2, 0.25) is 0 Å². The van der Waals surface area contributed by atoms with E-state index in [9.17, 15) is 18.0 Å². The summed E-state index contributed by atoms with van der Waals surface area (Å²) in [5.41, 5.74) is 0.269. The Morgan fingerprint density at radius 1 is 1.48 bits per heavy atom. The van der Waals surface area contributed by atoms with Gasteiger partial charge in [0.1, 0.15) is 12.3 Å². The smallest absolute Gasteiger partial charge is 0.321 e. The predicted octanol–water partition coefficient (Wildman–Crippen LogP) is -0.141. The van der Waals surface area contributed by atoms with Gasteiger partial charge < -0.3 is 14.8 Å². The van der Waals surface area contributed by atoms with Crippen LogP contribution in [0.25, 0.3) is 0 Å². The zero-order chi connectivity index (χ0) is 15.5. The van der Waals surface area contributed by atoms with E-state index in [-0.39, 0.29) is 29.7 Å². The third-order valence-electron chi connectivity index (χ3n) is 2.61. The normalized spacial score (nSPS) is 13.9. The molecule has 114 valence electrons. The van der Waals surface area contributed by atoms with E-state index in [0.29, 0.717) is 5.75 Å². The van der Waals surface area contributed by atoms with Crippen LogP contribution in [0, 0.1) is 0 Å². The summed E-state index contributed by atoms with van der Waals surface area (Å²) in [5, 5.41) is 2.51. The van der Waals surface area contributed by atoms with E-state index in [2.05, 4.69) is 14.8 Å². The van der Waals surface area contributed by atoms with Crippen molar-refractivity contribution in [3.63, 3.8) is 0 Å². The van der Waals surface area contributed by atoms with Gasteiger partial charge in [0.05, 0.1) is 17.2 Å². The quantitative estimate of drug-likeness (QED) is 0.732. The van der Waals surface area contributed by atoms with Gasteiger partial charge in [0, 0.05) is 0 Å². The van der Waals surface area contributed by atoms with Crippen molar-refractivity contribution in [3.05, 3.63) is 18.2 Å². The van der Waals surface area contributed by atoms with Crippen LogP contribution < -0.4 is 14.8 Å². The standard InChI is InChI=1S/C12H14N2O6S/c1-2-19-12(16)6-13-21(17,18)8-3-4-10-9(5-8)14-11(15)7-20-10/h3-5,13H,2,6-7H2,1H3,(H,14,15). The van der Waals surface area contributed by atoms with E-state index in [1.165, 1.54) is 18.2 Å². The SMILES string of the molecule is CCOC(=O)CNS(=O)(=O)c1ccc2c(c1)NC(=O)CO2. The minimum atomic E-state index is -3.88. The second-order valence-corrected chi connectivity index (χ2v) is 5.89. The molecule has 2 rings (SSSR count). The van der Waals surface area contributed by atoms with E-state index >= 15 is 0 Å². The number of ether oxygens (including phenoxy) is 2. The fourth-order valence-electron chi connectivity index (χ4n) is 1.68. The first kappa shape index (κ1) is 15.3. The van der Waals surface area contributed by atoms with Crippen molar-refractivity contribution in [2.45, 2.75) is 11.8 Å². The van der Waals surface area contributed by atoms with Crippen molar-refractivity contribution < 1.29 is 27.5 Å². The molecule has 1 heterocycles. The average Bonchev–Trinajstić information content (AvgIpc) is 2.45. The Labute approximate surface area is 121 Å². The van der Waals surface area contributed by atoms with Crippen LogP contribution in [-0.2, 0) is 24.3 Å². The Bertz CT molecular complexity index is 670. The fraction of sp³-hybridized carbons (Fsp3) is 0.333. The van der Waals surface area contributed by atoms with Crippen LogP contribution in [0.1, 0.15) is 6.92 Å². The van der Waals surface area contributed by atoms with Gasteiger partial charge in [-0.15, -0.1) is 0 Å². The number of amides is 1. The van der Waals surface area contributed by atoms with Gasteiger partial charge in [-0.2, -0.15) is 4.72 Å². The van der Waals surface area contributed by atoms with E-state index in [1.54, 1.807) is 6.92 Å². The molecule has 1 aromatic rings. The largest absolute Gasteiger partial charge is 0.482 e. The Hall–Kier alpha value is -2.13. The highest BCUT2D eigenvalue weighted by Crippen LogP contribution is 2.29. The molecule has 1 aromatic carbocycles. The topological polar surface area (TPSA) is 111 Å². The summed E-state index contributed by atoms with van der Waals surface area (Å²) in [6.07, 6.45) is 0. The summed E-state index contributed by atoms with van der Waals surface area (Å²) >= 11 is 0. The average molecular weight is 314 g/mol. The molecule has 0 aromatic heterocycles. The van der Waals surface area contributed by atoms with Gasteiger partial charge in [0.25, 0.3) is 5.91 Å². The molecule has 0 saturated heterocycles. The zero-order valence-corrected chi connectivity index (χ0v) is 12.0. The van der Waals surface area contributed by atoms with Gasteiger partial charge in [0.2, 0.25) is 10.0 Å². The minimum absolute atomic E-state index is 0.0867. The van der Waals surface area contributed by atoms with Gasteiger partial charge in [-0.25, -0.2) is 8.42 Å². The molecule has 0 aliphatic carbocycles. The van der Waals surface area contributed by atoms with Gasteiger partial charge in [-0.05, 0) is 25.1 Å². The highest BCUT2D eigenvalue weighted by molar-refractivity contribution is 7.89. The Balaban J connectivity index is 2.15. The molecular formula is C12H14N2O6S. The van der Waals surface area contributed by atoms with Crippen molar-refractivity contribution in [1.82, 2.24) is 4.72 Å². The first-order chi connectivity index (χ1) is 9.92. The summed E-state index contributed by atoms with van der Waals surface area (Å²) in [6, 6.07) is 4.03. The van der Waals surface area contributed by atoms with Crippen LogP contribution >= 0.6 is 0 Å². The number of fused-ring (bicyclic) bond motifs is 1. The Morgan fingerprint density at radius 2 is 2.24 bits per heavy atom. The molecule has 2 N–H and O–H groups in total. The van der Waals surface area contributed by atoms with Crippen LogP contribution in [0.3, 0.4) is 0 Å². The predicted molar refractivity (Wildman–Crippen MR) is 72.4 cm³/mol. The fourth-order valence-corrected chi connectivity index (χ4v) is 2.67. The van der Waals surface area contributed by atoms with Gasteiger partial charge in [-0.3, -0.25) is 9.59 Å².